The molecule has 0 saturated carbocycles. The monoisotopic (exact) mass is 329 g/mol. The summed E-state index contributed by atoms with van der Waals surface area (Å²) in [6.45, 7) is 4.26. The minimum absolute atomic E-state index is 0.204. The van der Waals surface area contributed by atoms with E-state index in [4.69, 9.17) is 9.26 Å². The molecule has 128 valence electrons. The van der Waals surface area contributed by atoms with Gasteiger partial charge in [-0.15, -0.1) is 0 Å². The van der Waals surface area contributed by atoms with E-state index in [2.05, 4.69) is 12.1 Å². The van der Waals surface area contributed by atoms with Crippen molar-refractivity contribution in [1.82, 2.24) is 5.16 Å². The highest BCUT2D eigenvalue weighted by Gasteiger charge is 2.10. The molecule has 1 heterocycles. The molecule has 1 aromatic heterocycles. The zero-order valence-electron chi connectivity index (χ0n) is 14.1. The van der Waals surface area contributed by atoms with Gasteiger partial charge in [0.2, 0.25) is 0 Å². The maximum Gasteiger partial charge on any atom is 0.167 e. The highest BCUT2D eigenvalue weighted by molar-refractivity contribution is 5.93. The Bertz CT molecular complexity index is 686. The lowest BCUT2D eigenvalue weighted by Gasteiger charge is -2.06. The number of ketones is 1. The Morgan fingerprint density at radius 1 is 1.25 bits per heavy atom. The number of carbonyl (C=O) groups excluding carboxylic acids is 1. The first-order chi connectivity index (χ1) is 11.6. The molecule has 0 amide bonds. The molecule has 5 nitrogen and oxygen atoms in total. The first-order valence-electron chi connectivity index (χ1n) is 8.21. The van der Waals surface area contributed by atoms with Crippen LogP contribution in [0.25, 0.3) is 17.1 Å². The van der Waals surface area contributed by atoms with Crippen molar-refractivity contribution in [2.24, 2.45) is 0 Å². The van der Waals surface area contributed by atoms with Gasteiger partial charge in [0.15, 0.2) is 11.5 Å². The molecule has 0 aliphatic carbocycles. The van der Waals surface area contributed by atoms with Crippen LogP contribution in [0.1, 0.15) is 45.2 Å². The lowest BCUT2D eigenvalue weighted by molar-refractivity contribution is -0.112. The second-order valence-corrected chi connectivity index (χ2v) is 5.65. The van der Waals surface area contributed by atoms with Gasteiger partial charge in [0.05, 0.1) is 6.61 Å². The van der Waals surface area contributed by atoms with Gasteiger partial charge in [0.25, 0.3) is 0 Å². The Kier molecular flexibility index (Phi) is 6.61. The second kappa shape index (κ2) is 8.91. The van der Waals surface area contributed by atoms with E-state index in [0.29, 0.717) is 5.76 Å². The van der Waals surface area contributed by atoms with Gasteiger partial charge in [-0.05, 0) is 37.6 Å². The third-order valence-corrected chi connectivity index (χ3v) is 3.52. The van der Waals surface area contributed by atoms with Crippen molar-refractivity contribution in [2.45, 2.75) is 39.5 Å². The zero-order valence-corrected chi connectivity index (χ0v) is 14.1. The van der Waals surface area contributed by atoms with Crippen LogP contribution in [0, 0.1) is 0 Å². The van der Waals surface area contributed by atoms with Gasteiger partial charge in [0.1, 0.15) is 17.2 Å². The Morgan fingerprint density at radius 3 is 2.67 bits per heavy atom. The molecular weight excluding hydrogens is 306 g/mol. The summed E-state index contributed by atoms with van der Waals surface area (Å²) in [5, 5.41) is 13.5. The minimum atomic E-state index is -0.252. The van der Waals surface area contributed by atoms with Crippen LogP contribution in [0.3, 0.4) is 0 Å². The van der Waals surface area contributed by atoms with Crippen molar-refractivity contribution < 1.29 is 19.2 Å². The fraction of sp³-hybridized carbons (Fsp3) is 0.368. The maximum absolute atomic E-state index is 11.0. The van der Waals surface area contributed by atoms with Crippen molar-refractivity contribution in [3.63, 3.8) is 0 Å². The molecule has 0 spiro atoms. The summed E-state index contributed by atoms with van der Waals surface area (Å²) in [6, 6.07) is 9.09. The molecule has 5 heteroatoms. The number of rotatable bonds is 9. The molecule has 0 atom stereocenters. The third-order valence-electron chi connectivity index (χ3n) is 3.52. The van der Waals surface area contributed by atoms with E-state index in [1.54, 1.807) is 6.07 Å². The average Bonchev–Trinajstić information content (AvgIpc) is 3.05. The smallest absolute Gasteiger partial charge is 0.167 e. The maximum atomic E-state index is 11.0. The number of nitrogens with zero attached hydrogens (tertiary/aromatic N) is 1. The Balaban J connectivity index is 1.96. The van der Waals surface area contributed by atoms with Gasteiger partial charge in [-0.1, -0.05) is 31.3 Å². The number of aliphatic hydroxyl groups excluding tert-OH is 1. The number of carbonyl (C=O) groups is 1. The molecule has 0 radical (unpaired) electrons. The van der Waals surface area contributed by atoms with Crippen LogP contribution < -0.4 is 4.74 Å². The third kappa shape index (κ3) is 5.26. The summed E-state index contributed by atoms with van der Waals surface area (Å²) in [6.07, 6.45) is 5.80. The van der Waals surface area contributed by atoms with Crippen LogP contribution in [0.5, 0.6) is 5.75 Å². The van der Waals surface area contributed by atoms with Crippen LogP contribution in [0.2, 0.25) is 0 Å². The second-order valence-electron chi connectivity index (χ2n) is 5.65. The summed E-state index contributed by atoms with van der Waals surface area (Å²) in [7, 11) is 0. The van der Waals surface area contributed by atoms with E-state index in [1.165, 1.54) is 26.2 Å². The molecule has 0 aliphatic heterocycles. The number of allylic oxidation sites excluding steroid dienone is 1. The Hall–Kier alpha value is -2.56. The van der Waals surface area contributed by atoms with Gasteiger partial charge < -0.3 is 14.4 Å². The molecule has 0 saturated heterocycles. The van der Waals surface area contributed by atoms with Crippen molar-refractivity contribution in [2.75, 3.05) is 6.61 Å². The van der Waals surface area contributed by atoms with Crippen molar-refractivity contribution in [3.8, 4) is 17.1 Å². The van der Waals surface area contributed by atoms with E-state index >= 15 is 0 Å². The Labute approximate surface area is 141 Å². The van der Waals surface area contributed by atoms with E-state index in [-0.39, 0.29) is 17.2 Å². The minimum Gasteiger partial charge on any atom is -0.505 e. The van der Waals surface area contributed by atoms with Crippen LogP contribution >= 0.6 is 0 Å². The summed E-state index contributed by atoms with van der Waals surface area (Å²) >= 11 is 0. The van der Waals surface area contributed by atoms with Gasteiger partial charge in [-0.25, -0.2) is 0 Å². The molecule has 0 bridgehead atoms. The molecular formula is C19H23NO4. The van der Waals surface area contributed by atoms with E-state index < -0.39 is 0 Å². The highest BCUT2D eigenvalue weighted by atomic mass is 16.5. The summed E-state index contributed by atoms with van der Waals surface area (Å²) in [5.74, 6) is 0.874. The van der Waals surface area contributed by atoms with E-state index in [1.807, 2.05) is 24.3 Å². The fourth-order valence-electron chi connectivity index (χ4n) is 2.23. The average molecular weight is 329 g/mol. The summed E-state index contributed by atoms with van der Waals surface area (Å²) in [5.41, 5.74) is 1.05. The van der Waals surface area contributed by atoms with Gasteiger partial charge in [0, 0.05) is 17.7 Å². The Morgan fingerprint density at radius 2 is 2.00 bits per heavy atom. The molecule has 24 heavy (non-hydrogen) atoms. The first kappa shape index (κ1) is 17.8. The lowest BCUT2D eigenvalue weighted by atomic mass is 10.1. The predicted octanol–water partition coefficient (Wildman–Crippen LogP) is 4.79. The van der Waals surface area contributed by atoms with Crippen LogP contribution in [0.4, 0.5) is 0 Å². The summed E-state index contributed by atoms with van der Waals surface area (Å²) < 4.78 is 10.9. The molecule has 1 aromatic carbocycles. The van der Waals surface area contributed by atoms with E-state index in [0.717, 1.165) is 30.4 Å². The van der Waals surface area contributed by atoms with Crippen LogP contribution in [-0.2, 0) is 4.79 Å². The molecule has 0 fully saturated rings. The highest BCUT2D eigenvalue weighted by Crippen LogP contribution is 2.25. The molecule has 0 unspecified atom stereocenters. The number of unbranched alkanes of at least 4 members (excludes halogenated alkanes) is 3. The number of ether oxygens (including phenoxy) is 1. The molecule has 2 aromatic rings. The van der Waals surface area contributed by atoms with Gasteiger partial charge in [-0.2, -0.15) is 0 Å². The normalized spacial score (nSPS) is 11.5. The standard InChI is InChI=1S/C19H23NO4/c1-3-4-5-6-11-23-16-9-7-15(8-10-16)19-13-17(20-24-19)18(22)12-14(2)21/h7-10,12-13,22H,3-6,11H2,1-2H3/b18-12-. The first-order valence-corrected chi connectivity index (χ1v) is 8.21. The zero-order chi connectivity index (χ0) is 17.4. The van der Waals surface area contributed by atoms with E-state index in [9.17, 15) is 9.90 Å². The molecule has 0 aliphatic rings. The van der Waals surface area contributed by atoms with Gasteiger partial charge >= 0.3 is 0 Å². The number of aromatic nitrogens is 1. The summed E-state index contributed by atoms with van der Waals surface area (Å²) in [4.78, 5) is 11.0. The largest absolute Gasteiger partial charge is 0.505 e. The van der Waals surface area contributed by atoms with Crippen LogP contribution in [0.15, 0.2) is 40.9 Å². The SMILES string of the molecule is CCCCCCOc1ccc(-c2cc(/C(O)=C/C(C)=O)no2)cc1. The van der Waals surface area contributed by atoms with Crippen LogP contribution in [-0.4, -0.2) is 22.7 Å². The molecule has 2 rings (SSSR count). The predicted molar refractivity (Wildman–Crippen MR) is 92.9 cm³/mol. The van der Waals surface area contributed by atoms with Crippen molar-refractivity contribution in [1.29, 1.82) is 0 Å². The number of hydrogen-bond acceptors (Lipinski definition) is 5. The molecule has 1 N–H and O–H groups in total. The lowest BCUT2D eigenvalue weighted by Crippen LogP contribution is -1.96. The van der Waals surface area contributed by atoms with Crippen molar-refractivity contribution in [3.05, 3.63) is 42.1 Å². The number of hydrogen-bond donors (Lipinski definition) is 1. The van der Waals surface area contributed by atoms with Gasteiger partial charge in [-0.3, -0.25) is 4.79 Å². The van der Waals surface area contributed by atoms with Crippen molar-refractivity contribution >= 4 is 11.5 Å². The number of aliphatic hydroxyl groups is 1. The fourth-order valence-corrected chi connectivity index (χ4v) is 2.23. The number of benzene rings is 1. The quantitative estimate of drug-likeness (QED) is 0.407. The topological polar surface area (TPSA) is 72.6 Å².